The van der Waals surface area contributed by atoms with Gasteiger partial charge >= 0.3 is 0 Å². The minimum absolute atomic E-state index is 0.0549. The van der Waals surface area contributed by atoms with Crippen molar-refractivity contribution in [1.82, 2.24) is 0 Å². The number of ketones is 1. The molecule has 0 heterocycles. The summed E-state index contributed by atoms with van der Waals surface area (Å²) in [6.45, 7) is 0. The van der Waals surface area contributed by atoms with Gasteiger partial charge in [0.1, 0.15) is 5.82 Å². The van der Waals surface area contributed by atoms with Gasteiger partial charge in [-0.3, -0.25) is 4.79 Å². The van der Waals surface area contributed by atoms with Gasteiger partial charge in [0.25, 0.3) is 0 Å². The van der Waals surface area contributed by atoms with Crippen LogP contribution in [0, 0.1) is 11.6 Å². The van der Waals surface area contributed by atoms with Gasteiger partial charge < -0.3 is 0 Å². The molecule has 0 radical (unpaired) electrons. The summed E-state index contributed by atoms with van der Waals surface area (Å²) in [6.07, 6.45) is 0. The average Bonchev–Trinajstić information content (AvgIpc) is 2.35. The van der Waals surface area contributed by atoms with Crippen LogP contribution in [-0.2, 0) is 0 Å². The average molecular weight is 376 g/mol. The molecule has 0 aliphatic carbocycles. The van der Waals surface area contributed by atoms with Gasteiger partial charge in [-0.05, 0) is 40.2 Å². The highest BCUT2D eigenvalue weighted by Gasteiger charge is 2.22. The number of carbonyl (C=O) groups is 1. The van der Waals surface area contributed by atoms with E-state index in [0.29, 0.717) is 4.47 Å². The Morgan fingerprint density at radius 1 is 0.944 bits per heavy atom. The molecule has 0 spiro atoms. The fourth-order valence-corrected chi connectivity index (χ4v) is 2.31. The summed E-state index contributed by atoms with van der Waals surface area (Å²) < 4.78 is 28.0. The van der Waals surface area contributed by atoms with E-state index in [1.54, 1.807) is 18.2 Å². The quantitative estimate of drug-likeness (QED) is 0.548. The summed E-state index contributed by atoms with van der Waals surface area (Å²) in [5.74, 6) is -2.47. The fraction of sp³-hybridized carbons (Fsp3) is 0. The van der Waals surface area contributed by atoms with Gasteiger partial charge in [0.05, 0.1) is 10.0 Å². The van der Waals surface area contributed by atoms with Crippen molar-refractivity contribution in [3.8, 4) is 0 Å². The first kappa shape index (κ1) is 13.4. The molecule has 0 atom stereocenters. The molecular weight excluding hydrogens is 370 g/mol. The number of hydrogen-bond acceptors (Lipinski definition) is 1. The van der Waals surface area contributed by atoms with E-state index >= 15 is 0 Å². The minimum atomic E-state index is -0.893. The lowest BCUT2D eigenvalue weighted by Crippen LogP contribution is -2.08. The van der Waals surface area contributed by atoms with Crippen molar-refractivity contribution in [1.29, 1.82) is 0 Å². The van der Waals surface area contributed by atoms with E-state index in [4.69, 9.17) is 0 Å². The molecule has 2 aromatic carbocycles. The molecule has 2 aromatic rings. The van der Waals surface area contributed by atoms with Crippen molar-refractivity contribution in [2.24, 2.45) is 0 Å². The van der Waals surface area contributed by atoms with Gasteiger partial charge in [0.15, 0.2) is 11.6 Å². The third kappa shape index (κ3) is 2.37. The molecule has 0 aliphatic rings. The van der Waals surface area contributed by atoms with E-state index in [1.165, 1.54) is 12.1 Å². The molecule has 2 rings (SSSR count). The highest BCUT2D eigenvalue weighted by Crippen LogP contribution is 2.26. The fourth-order valence-electron chi connectivity index (χ4n) is 1.52. The van der Waals surface area contributed by atoms with Crippen LogP contribution in [0.1, 0.15) is 15.9 Å². The lowest BCUT2D eigenvalue weighted by Gasteiger charge is -2.07. The predicted molar refractivity (Wildman–Crippen MR) is 71.6 cm³/mol. The van der Waals surface area contributed by atoms with Crippen molar-refractivity contribution in [2.45, 2.75) is 0 Å². The van der Waals surface area contributed by atoms with Crippen LogP contribution in [0.2, 0.25) is 0 Å². The van der Waals surface area contributed by atoms with Gasteiger partial charge in [-0.15, -0.1) is 0 Å². The Morgan fingerprint density at radius 3 is 2.28 bits per heavy atom. The van der Waals surface area contributed by atoms with Crippen molar-refractivity contribution in [2.75, 3.05) is 0 Å². The molecule has 18 heavy (non-hydrogen) atoms. The number of halogens is 4. The van der Waals surface area contributed by atoms with E-state index in [-0.39, 0.29) is 10.0 Å². The van der Waals surface area contributed by atoms with Crippen LogP contribution in [0.4, 0.5) is 8.78 Å². The molecule has 0 N–H and O–H groups in total. The summed E-state index contributed by atoms with van der Waals surface area (Å²) >= 11 is 6.12. The highest BCUT2D eigenvalue weighted by atomic mass is 79.9. The maximum Gasteiger partial charge on any atom is 0.200 e. The van der Waals surface area contributed by atoms with Crippen LogP contribution in [0.25, 0.3) is 0 Å². The van der Waals surface area contributed by atoms with Gasteiger partial charge in [0.2, 0.25) is 0 Å². The van der Waals surface area contributed by atoms with Crippen LogP contribution in [-0.4, -0.2) is 5.78 Å². The van der Waals surface area contributed by atoms with Gasteiger partial charge in [-0.1, -0.05) is 28.1 Å². The van der Waals surface area contributed by atoms with E-state index in [0.717, 1.165) is 6.07 Å². The van der Waals surface area contributed by atoms with Crippen molar-refractivity contribution in [3.63, 3.8) is 0 Å². The number of carbonyl (C=O) groups excluding carboxylic acids is 1. The summed E-state index contributed by atoms with van der Waals surface area (Å²) in [7, 11) is 0. The topological polar surface area (TPSA) is 17.1 Å². The normalized spacial score (nSPS) is 10.4. The maximum absolute atomic E-state index is 13.8. The number of rotatable bonds is 2. The van der Waals surface area contributed by atoms with Crippen molar-refractivity contribution < 1.29 is 13.6 Å². The largest absolute Gasteiger partial charge is 0.288 e. The Morgan fingerprint density at radius 2 is 1.61 bits per heavy atom. The zero-order valence-corrected chi connectivity index (χ0v) is 12.1. The Balaban J connectivity index is 2.61. The molecule has 0 fully saturated rings. The van der Waals surface area contributed by atoms with Crippen LogP contribution in [0.15, 0.2) is 45.3 Å². The molecule has 0 aromatic heterocycles. The molecule has 92 valence electrons. The lowest BCUT2D eigenvalue weighted by atomic mass is 10.0. The Labute approximate surface area is 119 Å². The first-order valence-electron chi connectivity index (χ1n) is 4.95. The predicted octanol–water partition coefficient (Wildman–Crippen LogP) is 4.72. The third-order valence-electron chi connectivity index (χ3n) is 2.39. The van der Waals surface area contributed by atoms with Crippen molar-refractivity contribution >= 4 is 37.6 Å². The molecule has 0 saturated heterocycles. The van der Waals surface area contributed by atoms with Gasteiger partial charge in [0, 0.05) is 10.0 Å². The first-order chi connectivity index (χ1) is 8.52. The summed E-state index contributed by atoms with van der Waals surface area (Å²) in [5, 5.41) is 0. The summed E-state index contributed by atoms with van der Waals surface area (Å²) in [5.41, 5.74) is -0.343. The Hall–Kier alpha value is -1.07. The second-order valence-electron chi connectivity index (χ2n) is 3.53. The Bertz CT molecular complexity index is 626. The van der Waals surface area contributed by atoms with Crippen LogP contribution in [0.3, 0.4) is 0 Å². The molecule has 0 aliphatic heterocycles. The van der Waals surface area contributed by atoms with Crippen LogP contribution < -0.4 is 0 Å². The second kappa shape index (κ2) is 5.28. The monoisotopic (exact) mass is 374 g/mol. The molecule has 0 amide bonds. The zero-order valence-electron chi connectivity index (χ0n) is 8.88. The van der Waals surface area contributed by atoms with E-state index in [1.807, 2.05) is 0 Å². The number of benzene rings is 2. The van der Waals surface area contributed by atoms with Crippen LogP contribution in [0.5, 0.6) is 0 Å². The molecule has 0 saturated carbocycles. The standard InChI is InChI=1S/C13H6Br2F2O/c14-8-4-2-1-3-7(8)13(18)11-10(16)6-5-9(15)12(11)17/h1-6H. The van der Waals surface area contributed by atoms with E-state index < -0.39 is 23.0 Å². The minimum Gasteiger partial charge on any atom is -0.288 e. The summed E-state index contributed by atoms with van der Waals surface area (Å²) in [4.78, 5) is 12.1. The number of hydrogen-bond donors (Lipinski definition) is 0. The van der Waals surface area contributed by atoms with Gasteiger partial charge in [-0.25, -0.2) is 8.78 Å². The second-order valence-corrected chi connectivity index (χ2v) is 5.24. The smallest absolute Gasteiger partial charge is 0.200 e. The molecular formula is C13H6Br2F2O. The SMILES string of the molecule is O=C(c1ccccc1Br)c1c(F)ccc(Br)c1F. The highest BCUT2D eigenvalue weighted by molar-refractivity contribution is 9.10. The maximum atomic E-state index is 13.8. The first-order valence-corrected chi connectivity index (χ1v) is 6.53. The summed E-state index contributed by atoms with van der Waals surface area (Å²) in [6, 6.07) is 8.77. The molecule has 1 nitrogen and oxygen atoms in total. The van der Waals surface area contributed by atoms with E-state index in [2.05, 4.69) is 31.9 Å². The Kier molecular flexibility index (Phi) is 3.92. The third-order valence-corrected chi connectivity index (χ3v) is 3.69. The van der Waals surface area contributed by atoms with Crippen LogP contribution >= 0.6 is 31.9 Å². The molecule has 0 bridgehead atoms. The van der Waals surface area contributed by atoms with Gasteiger partial charge in [-0.2, -0.15) is 0 Å². The lowest BCUT2D eigenvalue weighted by molar-refractivity contribution is 0.103. The zero-order chi connectivity index (χ0) is 13.3. The van der Waals surface area contributed by atoms with E-state index in [9.17, 15) is 13.6 Å². The molecule has 0 unspecified atom stereocenters. The molecule has 5 heteroatoms. The van der Waals surface area contributed by atoms with Crippen molar-refractivity contribution in [3.05, 3.63) is 68.1 Å².